The highest BCUT2D eigenvalue weighted by atomic mass is 32.1. The van der Waals surface area contributed by atoms with E-state index in [1.807, 2.05) is 34.8 Å². The fourth-order valence-electron chi connectivity index (χ4n) is 6.78. The van der Waals surface area contributed by atoms with E-state index in [0.29, 0.717) is 0 Å². The van der Waals surface area contributed by atoms with Gasteiger partial charge in [-0.3, -0.25) is 0 Å². The Morgan fingerprint density at radius 3 is 1.89 bits per heavy atom. The molecule has 0 atom stereocenters. The summed E-state index contributed by atoms with van der Waals surface area (Å²) in [7, 11) is 0. The number of hydrogen-bond acceptors (Lipinski definition) is 4. The van der Waals surface area contributed by atoms with Gasteiger partial charge in [-0.1, -0.05) is 72.8 Å². The first-order valence-electron chi connectivity index (χ1n) is 14.8. The topological polar surface area (TPSA) is 16.4 Å². The third-order valence-electron chi connectivity index (χ3n) is 8.81. The standard InChI is InChI=1S/C40H23NOS2/c1-2-9-26(10-3-1)41(34-14-8-13-31-28-11-4-6-15-35(28)42-40(31)34)27-17-18-30-33-20-24-19-32-29-12-5-7-16-36(29)43-37(32)21-25(24)22-38(33)44-39(30)23-27/h1-23H. The number of rotatable bonds is 3. The molecule has 0 aliphatic rings. The molecule has 0 saturated carbocycles. The number of fused-ring (bicyclic) bond motifs is 10. The first kappa shape index (κ1) is 24.3. The average molecular weight is 598 g/mol. The lowest BCUT2D eigenvalue weighted by Gasteiger charge is -2.25. The maximum absolute atomic E-state index is 6.50. The molecule has 0 aliphatic heterocycles. The van der Waals surface area contributed by atoms with Crippen LogP contribution >= 0.6 is 22.7 Å². The summed E-state index contributed by atoms with van der Waals surface area (Å²) in [4.78, 5) is 2.32. The minimum absolute atomic E-state index is 0.896. The summed E-state index contributed by atoms with van der Waals surface area (Å²) in [6.07, 6.45) is 0. The molecule has 3 heterocycles. The van der Waals surface area contributed by atoms with E-state index in [-0.39, 0.29) is 0 Å². The second-order valence-corrected chi connectivity index (χ2v) is 13.5. The van der Waals surface area contributed by atoms with Gasteiger partial charge >= 0.3 is 0 Å². The second-order valence-electron chi connectivity index (χ2n) is 11.3. The van der Waals surface area contributed by atoms with Gasteiger partial charge in [-0.15, -0.1) is 22.7 Å². The van der Waals surface area contributed by atoms with Crippen LogP contribution in [0.4, 0.5) is 17.1 Å². The van der Waals surface area contributed by atoms with Crippen molar-refractivity contribution in [2.24, 2.45) is 0 Å². The van der Waals surface area contributed by atoms with Gasteiger partial charge < -0.3 is 9.32 Å². The minimum atomic E-state index is 0.896. The van der Waals surface area contributed by atoms with Crippen LogP contribution in [-0.4, -0.2) is 0 Å². The van der Waals surface area contributed by atoms with E-state index in [0.717, 1.165) is 39.0 Å². The molecule has 3 aromatic heterocycles. The second kappa shape index (κ2) is 9.17. The van der Waals surface area contributed by atoms with Crippen LogP contribution in [0, 0.1) is 0 Å². The molecule has 10 aromatic rings. The monoisotopic (exact) mass is 597 g/mol. The van der Waals surface area contributed by atoms with Crippen molar-refractivity contribution in [3.63, 3.8) is 0 Å². The summed E-state index contributed by atoms with van der Waals surface area (Å²) >= 11 is 3.75. The quantitative estimate of drug-likeness (QED) is 0.201. The molecule has 206 valence electrons. The van der Waals surface area contributed by atoms with Gasteiger partial charge in [0.15, 0.2) is 5.58 Å². The van der Waals surface area contributed by atoms with Gasteiger partial charge in [0.25, 0.3) is 0 Å². The lowest BCUT2D eigenvalue weighted by molar-refractivity contribution is 0.669. The highest BCUT2D eigenvalue weighted by molar-refractivity contribution is 7.26. The predicted molar refractivity (Wildman–Crippen MR) is 192 cm³/mol. The molecule has 44 heavy (non-hydrogen) atoms. The van der Waals surface area contributed by atoms with E-state index < -0.39 is 0 Å². The van der Waals surface area contributed by atoms with Gasteiger partial charge in [0.05, 0.1) is 5.69 Å². The van der Waals surface area contributed by atoms with Crippen molar-refractivity contribution >= 4 is 113 Å². The van der Waals surface area contributed by atoms with Crippen molar-refractivity contribution < 1.29 is 4.42 Å². The van der Waals surface area contributed by atoms with E-state index in [2.05, 4.69) is 132 Å². The predicted octanol–water partition coefficient (Wildman–Crippen LogP) is 12.9. The lowest BCUT2D eigenvalue weighted by Crippen LogP contribution is -2.09. The van der Waals surface area contributed by atoms with Crippen LogP contribution < -0.4 is 4.90 Å². The highest BCUT2D eigenvalue weighted by Gasteiger charge is 2.20. The maximum Gasteiger partial charge on any atom is 0.159 e. The zero-order valence-corrected chi connectivity index (χ0v) is 25.1. The van der Waals surface area contributed by atoms with E-state index >= 15 is 0 Å². The zero-order chi connectivity index (χ0) is 28.8. The Bertz CT molecular complexity index is 2730. The highest BCUT2D eigenvalue weighted by Crippen LogP contribution is 2.45. The van der Waals surface area contributed by atoms with Gasteiger partial charge in [-0.05, 0) is 77.5 Å². The largest absolute Gasteiger partial charge is 0.454 e. The number of furan rings is 1. The van der Waals surface area contributed by atoms with E-state index in [9.17, 15) is 0 Å². The van der Waals surface area contributed by atoms with Crippen molar-refractivity contribution in [1.29, 1.82) is 0 Å². The normalized spacial score (nSPS) is 12.1. The van der Waals surface area contributed by atoms with Crippen molar-refractivity contribution in [3.8, 4) is 0 Å². The van der Waals surface area contributed by atoms with Crippen molar-refractivity contribution in [2.45, 2.75) is 0 Å². The van der Waals surface area contributed by atoms with E-state index in [1.54, 1.807) is 0 Å². The molecule has 0 fully saturated rings. The first-order valence-corrected chi connectivity index (χ1v) is 16.4. The van der Waals surface area contributed by atoms with Crippen LogP contribution in [0.5, 0.6) is 0 Å². The number of benzene rings is 7. The van der Waals surface area contributed by atoms with Gasteiger partial charge in [0, 0.05) is 62.5 Å². The van der Waals surface area contributed by atoms with Crippen LogP contribution in [0.2, 0.25) is 0 Å². The molecule has 0 N–H and O–H groups in total. The third kappa shape index (κ3) is 3.53. The third-order valence-corrected chi connectivity index (χ3v) is 11.1. The molecule has 7 aromatic carbocycles. The van der Waals surface area contributed by atoms with Gasteiger partial charge in [-0.2, -0.15) is 0 Å². The number of para-hydroxylation sites is 3. The average Bonchev–Trinajstić information content (AvgIpc) is 3.74. The van der Waals surface area contributed by atoms with Crippen molar-refractivity contribution in [3.05, 3.63) is 140 Å². The number of hydrogen-bond donors (Lipinski definition) is 0. The van der Waals surface area contributed by atoms with Gasteiger partial charge in [0.2, 0.25) is 0 Å². The van der Waals surface area contributed by atoms with Gasteiger partial charge in [-0.25, -0.2) is 0 Å². The molecule has 4 heteroatoms. The summed E-state index contributed by atoms with van der Waals surface area (Å²) in [6, 6.07) is 50.5. The zero-order valence-electron chi connectivity index (χ0n) is 23.5. The van der Waals surface area contributed by atoms with Crippen molar-refractivity contribution in [2.75, 3.05) is 4.90 Å². The molecule has 0 spiro atoms. The number of thiophene rings is 2. The smallest absolute Gasteiger partial charge is 0.159 e. The Morgan fingerprint density at radius 1 is 0.409 bits per heavy atom. The van der Waals surface area contributed by atoms with Crippen LogP contribution in [0.3, 0.4) is 0 Å². The summed E-state index contributed by atoms with van der Waals surface area (Å²) in [5.74, 6) is 0. The molecule has 0 amide bonds. The Hall–Kier alpha value is -5.16. The Labute approximate surface area is 260 Å². The van der Waals surface area contributed by atoms with E-state index in [4.69, 9.17) is 4.42 Å². The summed E-state index contributed by atoms with van der Waals surface area (Å²) in [5.41, 5.74) is 5.04. The Balaban J connectivity index is 1.18. The first-order chi connectivity index (χ1) is 21.8. The summed E-state index contributed by atoms with van der Waals surface area (Å²) in [6.45, 7) is 0. The SMILES string of the molecule is c1ccc(N(c2ccc3c(c2)sc2cc4cc5sc6ccccc6c5cc4cc23)c2cccc3c2oc2ccccc23)cc1. The summed E-state index contributed by atoms with van der Waals surface area (Å²) < 4.78 is 11.8. The number of anilines is 3. The van der Waals surface area contributed by atoms with E-state index in [1.165, 1.54) is 51.1 Å². The van der Waals surface area contributed by atoms with Gasteiger partial charge in [0.1, 0.15) is 5.58 Å². The molecular formula is C40H23NOS2. The van der Waals surface area contributed by atoms with Crippen LogP contribution in [0.1, 0.15) is 0 Å². The molecule has 0 unspecified atom stereocenters. The van der Waals surface area contributed by atoms with Crippen LogP contribution in [0.25, 0.3) is 73.1 Å². The molecule has 0 radical (unpaired) electrons. The fourth-order valence-corrected chi connectivity index (χ4v) is 9.09. The van der Waals surface area contributed by atoms with Crippen LogP contribution in [-0.2, 0) is 0 Å². The minimum Gasteiger partial charge on any atom is -0.454 e. The molecular weight excluding hydrogens is 575 g/mol. The fraction of sp³-hybridized carbons (Fsp3) is 0. The summed E-state index contributed by atoms with van der Waals surface area (Å²) in [5, 5.41) is 10.1. The molecule has 0 aliphatic carbocycles. The number of nitrogens with zero attached hydrogens (tertiary/aromatic N) is 1. The van der Waals surface area contributed by atoms with Crippen LogP contribution in [0.15, 0.2) is 144 Å². The Kier molecular flexibility index (Phi) is 5.06. The maximum atomic E-state index is 6.50. The molecule has 0 saturated heterocycles. The molecule has 10 rings (SSSR count). The molecule has 2 nitrogen and oxygen atoms in total. The van der Waals surface area contributed by atoms with Crippen molar-refractivity contribution in [1.82, 2.24) is 0 Å². The molecule has 0 bridgehead atoms. The Morgan fingerprint density at radius 2 is 1.05 bits per heavy atom. The lowest BCUT2D eigenvalue weighted by atomic mass is 10.0.